The summed E-state index contributed by atoms with van der Waals surface area (Å²) in [5.74, 6) is 0.778. The molecule has 2 aromatic rings. The number of pyridine rings is 1. The van der Waals surface area contributed by atoms with E-state index >= 15 is 0 Å². The third-order valence-corrected chi connectivity index (χ3v) is 2.48. The molecule has 0 unspecified atom stereocenters. The van der Waals surface area contributed by atoms with Gasteiger partial charge in [-0.2, -0.15) is 0 Å². The van der Waals surface area contributed by atoms with Crippen molar-refractivity contribution in [2.75, 3.05) is 0 Å². The lowest BCUT2D eigenvalue weighted by atomic mass is 10.1. The Morgan fingerprint density at radius 2 is 1.94 bits per heavy atom. The van der Waals surface area contributed by atoms with Crippen LogP contribution in [-0.4, -0.2) is 10.1 Å². The van der Waals surface area contributed by atoms with Crippen molar-refractivity contribution < 1.29 is 9.84 Å². The van der Waals surface area contributed by atoms with Crippen molar-refractivity contribution in [1.82, 2.24) is 4.98 Å². The summed E-state index contributed by atoms with van der Waals surface area (Å²) in [6.45, 7) is 2.19. The summed E-state index contributed by atoms with van der Waals surface area (Å²) in [4.78, 5) is 4.17. The monoisotopic (exact) mass is 229 g/mol. The molecule has 0 spiro atoms. The molecular weight excluding hydrogens is 214 g/mol. The van der Waals surface area contributed by atoms with Crippen molar-refractivity contribution in [2.45, 2.75) is 19.6 Å². The number of aliphatic hydroxyl groups is 1. The first-order chi connectivity index (χ1) is 8.25. The first kappa shape index (κ1) is 11.6. The van der Waals surface area contributed by atoms with Crippen molar-refractivity contribution in [3.63, 3.8) is 0 Å². The third kappa shape index (κ3) is 3.29. The van der Waals surface area contributed by atoms with E-state index in [2.05, 4.69) is 4.98 Å². The Kier molecular flexibility index (Phi) is 3.73. The average molecular weight is 229 g/mol. The molecule has 1 N–H and O–H groups in total. The van der Waals surface area contributed by atoms with Gasteiger partial charge in [-0.25, -0.2) is 0 Å². The zero-order chi connectivity index (χ0) is 12.1. The number of nitrogens with zero attached hydrogens (tertiary/aromatic N) is 1. The van der Waals surface area contributed by atoms with Crippen LogP contribution in [-0.2, 0) is 6.61 Å². The van der Waals surface area contributed by atoms with E-state index in [1.165, 1.54) is 0 Å². The highest BCUT2D eigenvalue weighted by Crippen LogP contribution is 2.17. The number of hydrogen-bond acceptors (Lipinski definition) is 3. The SMILES string of the molecule is C[C@@H](O)c1ccc(OCc2ccccn2)cc1. The quantitative estimate of drug-likeness (QED) is 0.876. The minimum atomic E-state index is -0.445. The van der Waals surface area contributed by atoms with Gasteiger partial charge >= 0.3 is 0 Å². The van der Waals surface area contributed by atoms with Gasteiger partial charge in [-0.15, -0.1) is 0 Å². The standard InChI is InChI=1S/C14H15NO2/c1-11(16)12-5-7-14(8-6-12)17-10-13-4-2-3-9-15-13/h2-9,11,16H,10H2,1H3/t11-/m1/s1. The molecule has 0 aliphatic rings. The molecule has 0 aliphatic heterocycles. The summed E-state index contributed by atoms with van der Waals surface area (Å²) >= 11 is 0. The van der Waals surface area contributed by atoms with E-state index in [0.717, 1.165) is 17.0 Å². The predicted molar refractivity (Wildman–Crippen MR) is 65.6 cm³/mol. The van der Waals surface area contributed by atoms with Crippen molar-refractivity contribution in [3.05, 3.63) is 59.9 Å². The van der Waals surface area contributed by atoms with Gasteiger partial charge < -0.3 is 9.84 Å². The molecule has 0 radical (unpaired) electrons. The fourth-order valence-corrected chi connectivity index (χ4v) is 1.48. The first-order valence-corrected chi connectivity index (χ1v) is 5.56. The third-order valence-electron chi connectivity index (χ3n) is 2.48. The molecule has 0 saturated carbocycles. The van der Waals surface area contributed by atoms with Gasteiger partial charge in [0.1, 0.15) is 12.4 Å². The molecule has 1 aromatic carbocycles. The number of aromatic nitrogens is 1. The maximum Gasteiger partial charge on any atom is 0.130 e. The lowest BCUT2D eigenvalue weighted by Gasteiger charge is -2.08. The van der Waals surface area contributed by atoms with E-state index in [1.807, 2.05) is 42.5 Å². The molecule has 0 amide bonds. The summed E-state index contributed by atoms with van der Waals surface area (Å²) in [6, 6.07) is 13.2. The summed E-state index contributed by atoms with van der Waals surface area (Å²) in [6.07, 6.45) is 1.30. The lowest BCUT2D eigenvalue weighted by Crippen LogP contribution is -1.98. The largest absolute Gasteiger partial charge is 0.487 e. The van der Waals surface area contributed by atoms with E-state index in [4.69, 9.17) is 4.74 Å². The number of rotatable bonds is 4. The topological polar surface area (TPSA) is 42.4 Å². The van der Waals surface area contributed by atoms with E-state index in [0.29, 0.717) is 6.61 Å². The molecule has 3 nitrogen and oxygen atoms in total. The summed E-state index contributed by atoms with van der Waals surface area (Å²) in [7, 11) is 0. The van der Waals surface area contributed by atoms with Crippen molar-refractivity contribution in [3.8, 4) is 5.75 Å². The Labute approximate surface area is 101 Å². The molecule has 3 heteroatoms. The summed E-state index contributed by atoms with van der Waals surface area (Å²) in [5.41, 5.74) is 1.78. The molecule has 2 rings (SSSR count). The summed E-state index contributed by atoms with van der Waals surface area (Å²) in [5, 5.41) is 9.37. The Hall–Kier alpha value is -1.87. The van der Waals surface area contributed by atoms with E-state index in [1.54, 1.807) is 13.1 Å². The molecule has 17 heavy (non-hydrogen) atoms. The van der Waals surface area contributed by atoms with Crippen LogP contribution in [0.25, 0.3) is 0 Å². The highest BCUT2D eigenvalue weighted by atomic mass is 16.5. The van der Waals surface area contributed by atoms with Gasteiger partial charge in [-0.3, -0.25) is 4.98 Å². The van der Waals surface area contributed by atoms with Crippen molar-refractivity contribution >= 4 is 0 Å². The smallest absolute Gasteiger partial charge is 0.130 e. The van der Waals surface area contributed by atoms with Gasteiger partial charge in [0.15, 0.2) is 0 Å². The number of aliphatic hydroxyl groups excluding tert-OH is 1. The van der Waals surface area contributed by atoms with Gasteiger partial charge in [0.05, 0.1) is 11.8 Å². The zero-order valence-corrected chi connectivity index (χ0v) is 9.71. The van der Waals surface area contributed by atoms with Crippen LogP contribution >= 0.6 is 0 Å². The van der Waals surface area contributed by atoms with Gasteiger partial charge in [-0.05, 0) is 36.8 Å². The van der Waals surface area contributed by atoms with E-state index < -0.39 is 6.10 Å². The van der Waals surface area contributed by atoms with Crippen molar-refractivity contribution in [1.29, 1.82) is 0 Å². The second kappa shape index (κ2) is 5.46. The first-order valence-electron chi connectivity index (χ1n) is 5.56. The number of benzene rings is 1. The van der Waals surface area contributed by atoms with Gasteiger partial charge in [-0.1, -0.05) is 18.2 Å². The Bertz CT molecular complexity index is 451. The Morgan fingerprint density at radius 3 is 2.53 bits per heavy atom. The van der Waals surface area contributed by atoms with E-state index in [-0.39, 0.29) is 0 Å². The number of hydrogen-bond donors (Lipinski definition) is 1. The van der Waals surface area contributed by atoms with Crippen LogP contribution in [0.3, 0.4) is 0 Å². The zero-order valence-electron chi connectivity index (χ0n) is 9.71. The second-order valence-electron chi connectivity index (χ2n) is 3.85. The predicted octanol–water partition coefficient (Wildman–Crippen LogP) is 2.71. The van der Waals surface area contributed by atoms with Gasteiger partial charge in [0.2, 0.25) is 0 Å². The maximum absolute atomic E-state index is 9.37. The molecule has 0 fully saturated rings. The summed E-state index contributed by atoms with van der Waals surface area (Å²) < 4.78 is 5.58. The van der Waals surface area contributed by atoms with Crippen LogP contribution in [0, 0.1) is 0 Å². The Morgan fingerprint density at radius 1 is 1.18 bits per heavy atom. The second-order valence-corrected chi connectivity index (χ2v) is 3.85. The molecule has 1 heterocycles. The highest BCUT2D eigenvalue weighted by molar-refractivity contribution is 5.28. The maximum atomic E-state index is 9.37. The minimum absolute atomic E-state index is 0.445. The fourth-order valence-electron chi connectivity index (χ4n) is 1.48. The van der Waals surface area contributed by atoms with Crippen LogP contribution in [0.5, 0.6) is 5.75 Å². The molecule has 1 atom stereocenters. The van der Waals surface area contributed by atoms with Crippen LogP contribution < -0.4 is 4.74 Å². The fraction of sp³-hybridized carbons (Fsp3) is 0.214. The van der Waals surface area contributed by atoms with Gasteiger partial charge in [0, 0.05) is 6.20 Å². The van der Waals surface area contributed by atoms with Crippen LogP contribution in [0.2, 0.25) is 0 Å². The minimum Gasteiger partial charge on any atom is -0.487 e. The molecule has 88 valence electrons. The van der Waals surface area contributed by atoms with E-state index in [9.17, 15) is 5.11 Å². The van der Waals surface area contributed by atoms with Crippen LogP contribution in [0.1, 0.15) is 24.3 Å². The molecule has 0 aliphatic carbocycles. The average Bonchev–Trinajstić information content (AvgIpc) is 2.38. The highest BCUT2D eigenvalue weighted by Gasteiger charge is 2.01. The molecule has 0 bridgehead atoms. The number of ether oxygens (including phenoxy) is 1. The lowest BCUT2D eigenvalue weighted by molar-refractivity contribution is 0.199. The molecular formula is C14H15NO2. The molecule has 0 saturated heterocycles. The van der Waals surface area contributed by atoms with Crippen molar-refractivity contribution in [2.24, 2.45) is 0 Å². The Balaban J connectivity index is 1.96. The van der Waals surface area contributed by atoms with Gasteiger partial charge in [0.25, 0.3) is 0 Å². The normalized spacial score (nSPS) is 12.1. The van der Waals surface area contributed by atoms with Crippen LogP contribution in [0.4, 0.5) is 0 Å². The van der Waals surface area contributed by atoms with Crippen LogP contribution in [0.15, 0.2) is 48.7 Å². The molecule has 1 aromatic heterocycles.